The number of hydrogen-bond acceptors (Lipinski definition) is 2. The summed E-state index contributed by atoms with van der Waals surface area (Å²) in [4.78, 5) is 0. The van der Waals surface area contributed by atoms with E-state index in [1.807, 2.05) is 18.7 Å². The Morgan fingerprint density at radius 2 is 2.20 bits per heavy atom. The molecule has 3 nitrogen and oxygen atoms in total. The summed E-state index contributed by atoms with van der Waals surface area (Å²) in [6.07, 6.45) is 0.958. The van der Waals surface area contributed by atoms with E-state index < -0.39 is 0 Å². The summed E-state index contributed by atoms with van der Waals surface area (Å²) >= 11 is 0. The SMILES string of the molecule is CCc1nn(C)c2c(C(C)N)cccc12. The third kappa shape index (κ3) is 1.53. The van der Waals surface area contributed by atoms with E-state index >= 15 is 0 Å². The number of benzene rings is 1. The highest BCUT2D eigenvalue weighted by Crippen LogP contribution is 2.25. The van der Waals surface area contributed by atoms with Crippen molar-refractivity contribution >= 4 is 10.9 Å². The van der Waals surface area contributed by atoms with E-state index in [1.165, 1.54) is 16.5 Å². The minimum Gasteiger partial charge on any atom is -0.324 e. The number of hydrogen-bond donors (Lipinski definition) is 1. The third-order valence-electron chi connectivity index (χ3n) is 2.80. The molecule has 0 saturated carbocycles. The Morgan fingerprint density at radius 3 is 2.80 bits per heavy atom. The quantitative estimate of drug-likeness (QED) is 0.812. The molecule has 1 aromatic heterocycles. The van der Waals surface area contributed by atoms with Crippen LogP contribution in [0.3, 0.4) is 0 Å². The van der Waals surface area contributed by atoms with Crippen LogP contribution < -0.4 is 5.73 Å². The van der Waals surface area contributed by atoms with Crippen LogP contribution in [0.5, 0.6) is 0 Å². The van der Waals surface area contributed by atoms with E-state index in [0.717, 1.165) is 12.1 Å². The molecule has 1 unspecified atom stereocenters. The molecule has 0 amide bonds. The van der Waals surface area contributed by atoms with Gasteiger partial charge in [-0.15, -0.1) is 0 Å². The van der Waals surface area contributed by atoms with Crippen LogP contribution in [0.4, 0.5) is 0 Å². The average molecular weight is 203 g/mol. The minimum absolute atomic E-state index is 0.0498. The highest BCUT2D eigenvalue weighted by Gasteiger charge is 2.12. The largest absolute Gasteiger partial charge is 0.324 e. The van der Waals surface area contributed by atoms with Gasteiger partial charge in [0.05, 0.1) is 11.2 Å². The smallest absolute Gasteiger partial charge is 0.0729 e. The van der Waals surface area contributed by atoms with Crippen LogP contribution in [0.2, 0.25) is 0 Å². The van der Waals surface area contributed by atoms with Gasteiger partial charge >= 0.3 is 0 Å². The molecule has 80 valence electrons. The zero-order valence-corrected chi connectivity index (χ0v) is 9.49. The van der Waals surface area contributed by atoms with E-state index in [-0.39, 0.29) is 6.04 Å². The van der Waals surface area contributed by atoms with Crippen molar-refractivity contribution in [3.8, 4) is 0 Å². The van der Waals surface area contributed by atoms with Crippen molar-refractivity contribution in [1.82, 2.24) is 9.78 Å². The van der Waals surface area contributed by atoms with E-state index in [0.29, 0.717) is 0 Å². The highest BCUT2D eigenvalue weighted by molar-refractivity contribution is 5.85. The predicted molar refractivity (Wildman–Crippen MR) is 62.7 cm³/mol. The summed E-state index contributed by atoms with van der Waals surface area (Å²) in [5, 5.41) is 5.74. The number of para-hydroxylation sites is 1. The molecule has 0 saturated heterocycles. The lowest BCUT2D eigenvalue weighted by atomic mass is 10.0. The van der Waals surface area contributed by atoms with E-state index in [4.69, 9.17) is 5.73 Å². The second kappa shape index (κ2) is 3.66. The number of nitrogens with zero attached hydrogens (tertiary/aromatic N) is 2. The van der Waals surface area contributed by atoms with Gasteiger partial charge in [-0.25, -0.2) is 0 Å². The normalized spacial score (nSPS) is 13.3. The molecule has 15 heavy (non-hydrogen) atoms. The number of fused-ring (bicyclic) bond motifs is 1. The number of rotatable bonds is 2. The van der Waals surface area contributed by atoms with E-state index in [2.05, 4.69) is 30.2 Å². The zero-order chi connectivity index (χ0) is 11.0. The molecule has 1 atom stereocenters. The molecule has 2 N–H and O–H groups in total. The zero-order valence-electron chi connectivity index (χ0n) is 9.49. The summed E-state index contributed by atoms with van der Waals surface area (Å²) in [5.74, 6) is 0. The maximum atomic E-state index is 5.96. The van der Waals surface area contributed by atoms with Crippen LogP contribution in [0, 0.1) is 0 Å². The first kappa shape index (κ1) is 10.2. The Labute approximate surface area is 89.9 Å². The molecule has 2 rings (SSSR count). The van der Waals surface area contributed by atoms with Gasteiger partial charge < -0.3 is 5.73 Å². The van der Waals surface area contributed by atoms with Crippen molar-refractivity contribution in [2.24, 2.45) is 12.8 Å². The van der Waals surface area contributed by atoms with E-state index in [9.17, 15) is 0 Å². The standard InChI is InChI=1S/C12H17N3/c1-4-11-10-7-5-6-9(8(2)13)12(10)15(3)14-11/h5-8H,4,13H2,1-3H3. The highest BCUT2D eigenvalue weighted by atomic mass is 15.3. The van der Waals surface area contributed by atoms with Crippen LogP contribution in [-0.4, -0.2) is 9.78 Å². The third-order valence-corrected chi connectivity index (χ3v) is 2.80. The van der Waals surface area contributed by atoms with Gasteiger partial charge in [-0.2, -0.15) is 5.10 Å². The van der Waals surface area contributed by atoms with Gasteiger partial charge in [-0.05, 0) is 18.9 Å². The molecule has 0 aliphatic heterocycles. The maximum absolute atomic E-state index is 5.96. The maximum Gasteiger partial charge on any atom is 0.0729 e. The van der Waals surface area contributed by atoms with Gasteiger partial charge in [0, 0.05) is 18.5 Å². The number of aromatic nitrogens is 2. The van der Waals surface area contributed by atoms with Crippen molar-refractivity contribution in [3.05, 3.63) is 29.5 Å². The lowest BCUT2D eigenvalue weighted by molar-refractivity contribution is 0.752. The van der Waals surface area contributed by atoms with Crippen molar-refractivity contribution in [2.45, 2.75) is 26.3 Å². The molecule has 0 radical (unpaired) electrons. The van der Waals surface area contributed by atoms with Crippen molar-refractivity contribution in [1.29, 1.82) is 0 Å². The number of aryl methyl sites for hydroxylation is 2. The first-order chi connectivity index (χ1) is 7.15. The van der Waals surface area contributed by atoms with E-state index in [1.54, 1.807) is 0 Å². The second-order valence-corrected chi connectivity index (χ2v) is 3.96. The van der Waals surface area contributed by atoms with Gasteiger partial charge in [0.2, 0.25) is 0 Å². The van der Waals surface area contributed by atoms with Crippen molar-refractivity contribution < 1.29 is 0 Å². The minimum atomic E-state index is 0.0498. The molecular formula is C12H17N3. The molecule has 0 aliphatic rings. The molecule has 0 spiro atoms. The Morgan fingerprint density at radius 1 is 1.47 bits per heavy atom. The van der Waals surface area contributed by atoms with Gasteiger partial charge in [0.1, 0.15) is 0 Å². The predicted octanol–water partition coefficient (Wildman–Crippen LogP) is 2.16. The van der Waals surface area contributed by atoms with Gasteiger partial charge in [-0.1, -0.05) is 25.1 Å². The van der Waals surface area contributed by atoms with Gasteiger partial charge in [-0.3, -0.25) is 4.68 Å². The summed E-state index contributed by atoms with van der Waals surface area (Å²) in [7, 11) is 1.98. The second-order valence-electron chi connectivity index (χ2n) is 3.96. The molecule has 1 aromatic carbocycles. The van der Waals surface area contributed by atoms with Crippen molar-refractivity contribution in [2.75, 3.05) is 0 Å². The Kier molecular flexibility index (Phi) is 2.49. The monoisotopic (exact) mass is 203 g/mol. The summed E-state index contributed by atoms with van der Waals surface area (Å²) < 4.78 is 1.94. The summed E-state index contributed by atoms with van der Waals surface area (Å²) in [6, 6.07) is 6.30. The molecule has 0 bridgehead atoms. The lowest BCUT2D eigenvalue weighted by Gasteiger charge is -2.08. The molecule has 2 aromatic rings. The fourth-order valence-corrected chi connectivity index (χ4v) is 2.07. The fourth-order valence-electron chi connectivity index (χ4n) is 2.07. The van der Waals surface area contributed by atoms with Crippen LogP contribution in [-0.2, 0) is 13.5 Å². The molecule has 3 heteroatoms. The fraction of sp³-hybridized carbons (Fsp3) is 0.417. The van der Waals surface area contributed by atoms with Gasteiger partial charge in [0.25, 0.3) is 0 Å². The topological polar surface area (TPSA) is 43.8 Å². The van der Waals surface area contributed by atoms with Crippen LogP contribution in [0.15, 0.2) is 18.2 Å². The lowest BCUT2D eigenvalue weighted by Crippen LogP contribution is -2.07. The summed E-state index contributed by atoms with van der Waals surface area (Å²) in [6.45, 7) is 4.13. The number of nitrogens with two attached hydrogens (primary N) is 1. The average Bonchev–Trinajstić information content (AvgIpc) is 2.55. The Balaban J connectivity index is 2.80. The molecule has 0 aliphatic carbocycles. The Hall–Kier alpha value is -1.35. The summed E-state index contributed by atoms with van der Waals surface area (Å²) in [5.41, 5.74) is 9.45. The first-order valence-corrected chi connectivity index (χ1v) is 5.35. The molecular weight excluding hydrogens is 186 g/mol. The first-order valence-electron chi connectivity index (χ1n) is 5.35. The van der Waals surface area contributed by atoms with Crippen LogP contribution >= 0.6 is 0 Å². The Bertz CT molecular complexity index is 483. The van der Waals surface area contributed by atoms with Gasteiger partial charge in [0.15, 0.2) is 0 Å². The molecule has 1 heterocycles. The van der Waals surface area contributed by atoms with Crippen LogP contribution in [0.1, 0.15) is 31.1 Å². The van der Waals surface area contributed by atoms with Crippen LogP contribution in [0.25, 0.3) is 10.9 Å². The van der Waals surface area contributed by atoms with Crippen molar-refractivity contribution in [3.63, 3.8) is 0 Å². The molecule has 0 fully saturated rings.